The maximum absolute atomic E-state index is 14.0. The zero-order valence-electron chi connectivity index (χ0n) is 33.4. The highest BCUT2D eigenvalue weighted by Gasteiger charge is 2.38. The fourth-order valence-corrected chi connectivity index (χ4v) is 8.67. The molecule has 2 aliphatic heterocycles. The molecule has 0 bridgehead atoms. The lowest BCUT2D eigenvalue weighted by atomic mass is 10.0. The van der Waals surface area contributed by atoms with Crippen LogP contribution in [0.25, 0.3) is 33.8 Å². The Balaban J connectivity index is 0.950. The summed E-state index contributed by atoms with van der Waals surface area (Å²) in [5.74, 6) is 1.82. The second-order valence-electron chi connectivity index (χ2n) is 15.8. The average Bonchev–Trinajstić information content (AvgIpc) is 4.06. The maximum Gasteiger partial charge on any atom is 0.245 e. The first-order valence-electron chi connectivity index (χ1n) is 19.9. The second-order valence-corrected chi connectivity index (χ2v) is 15.8. The number of hydrogen-bond acceptors (Lipinski definition) is 7. The Morgan fingerprint density at radius 1 is 0.632 bits per heavy atom. The van der Waals surface area contributed by atoms with Crippen molar-refractivity contribution < 1.29 is 9.59 Å². The minimum Gasteiger partial charge on any atom is -0.340 e. The van der Waals surface area contributed by atoms with Gasteiger partial charge in [-0.3, -0.25) is 24.4 Å². The first kappa shape index (κ1) is 38.0. The van der Waals surface area contributed by atoms with Crippen LogP contribution in [0.2, 0.25) is 0 Å². The van der Waals surface area contributed by atoms with E-state index in [2.05, 4.69) is 41.2 Å². The van der Waals surface area contributed by atoms with Gasteiger partial charge in [0.15, 0.2) is 0 Å². The number of benzene rings is 3. The Morgan fingerprint density at radius 2 is 1.12 bits per heavy atom. The number of rotatable bonds is 11. The number of hydrogen-bond donors (Lipinski definition) is 2. The van der Waals surface area contributed by atoms with E-state index in [-0.39, 0.29) is 36.0 Å². The van der Waals surface area contributed by atoms with E-state index in [0.29, 0.717) is 13.1 Å². The molecule has 57 heavy (non-hydrogen) atoms. The van der Waals surface area contributed by atoms with E-state index < -0.39 is 0 Å². The number of carbonyl (C=O) groups is 2. The zero-order valence-corrected chi connectivity index (χ0v) is 33.4. The third kappa shape index (κ3) is 7.65. The SMILES string of the molecule is Cc1cc(-c2cnc([C@@H]3CCCN3C(=O)[C@H](c3ccccc3)N(C)C)[nH]2)ccc1-c1ccc(-c2cnc([C@@H]3CCCN3C(=O)[C@@H](c3ccccc3)N(C)C)[nH]2)cn1. The number of carbonyl (C=O) groups excluding carboxylic acids is 2. The van der Waals surface area contributed by atoms with Crippen molar-refractivity contribution in [2.75, 3.05) is 41.3 Å². The van der Waals surface area contributed by atoms with Gasteiger partial charge in [-0.1, -0.05) is 72.8 Å². The number of likely N-dealkylation sites (N-methyl/N-ethyl adjacent to an activating group) is 2. The van der Waals surface area contributed by atoms with Gasteiger partial charge in [-0.2, -0.15) is 0 Å². The van der Waals surface area contributed by atoms with Gasteiger partial charge in [-0.05, 0) is 101 Å². The minimum absolute atomic E-state index is 0.0943. The molecule has 5 heterocycles. The molecule has 0 unspecified atom stereocenters. The van der Waals surface area contributed by atoms with Crippen molar-refractivity contribution in [3.63, 3.8) is 0 Å². The third-order valence-electron chi connectivity index (χ3n) is 11.5. The number of likely N-dealkylation sites (tertiary alicyclic amines) is 2. The summed E-state index contributed by atoms with van der Waals surface area (Å²) in [6, 6.07) is 29.5. The Hall–Kier alpha value is -5.91. The second kappa shape index (κ2) is 16.3. The third-order valence-corrected chi connectivity index (χ3v) is 11.5. The lowest BCUT2D eigenvalue weighted by molar-refractivity contribution is -0.138. The smallest absolute Gasteiger partial charge is 0.245 e. The Kier molecular flexibility index (Phi) is 10.9. The number of H-pyrrole nitrogens is 2. The van der Waals surface area contributed by atoms with Crippen LogP contribution in [-0.2, 0) is 9.59 Å². The molecule has 0 radical (unpaired) electrons. The van der Waals surface area contributed by atoms with Gasteiger partial charge in [-0.15, -0.1) is 0 Å². The molecule has 4 atom stereocenters. The Morgan fingerprint density at radius 3 is 1.58 bits per heavy atom. The quantitative estimate of drug-likeness (QED) is 0.139. The molecule has 0 saturated carbocycles. The summed E-state index contributed by atoms with van der Waals surface area (Å²) in [7, 11) is 7.83. The number of pyridine rings is 1. The largest absolute Gasteiger partial charge is 0.340 e. The predicted molar refractivity (Wildman–Crippen MR) is 223 cm³/mol. The van der Waals surface area contributed by atoms with E-state index >= 15 is 0 Å². The van der Waals surface area contributed by atoms with Crippen LogP contribution in [0.5, 0.6) is 0 Å². The van der Waals surface area contributed by atoms with E-state index in [1.165, 1.54) is 0 Å². The van der Waals surface area contributed by atoms with Crippen molar-refractivity contribution in [2.24, 2.45) is 0 Å². The van der Waals surface area contributed by atoms with Crippen LogP contribution in [0, 0.1) is 6.92 Å². The highest BCUT2D eigenvalue weighted by atomic mass is 16.2. The fourth-order valence-electron chi connectivity index (χ4n) is 8.67. The molecule has 3 aromatic carbocycles. The van der Waals surface area contributed by atoms with Crippen molar-refractivity contribution >= 4 is 11.8 Å². The normalized spacial score (nSPS) is 18.1. The van der Waals surface area contributed by atoms with Gasteiger partial charge in [0, 0.05) is 30.4 Å². The summed E-state index contributed by atoms with van der Waals surface area (Å²) in [5, 5.41) is 0. The van der Waals surface area contributed by atoms with Crippen molar-refractivity contribution in [1.82, 2.24) is 44.5 Å². The molecule has 0 spiro atoms. The fraction of sp³-hybridized carbons (Fsp3) is 0.326. The summed E-state index contributed by atoms with van der Waals surface area (Å²) in [6.45, 7) is 3.52. The van der Waals surface area contributed by atoms with Gasteiger partial charge < -0.3 is 19.8 Å². The molecule has 11 nitrogen and oxygen atoms in total. The van der Waals surface area contributed by atoms with Crippen LogP contribution >= 0.6 is 0 Å². The van der Waals surface area contributed by atoms with Gasteiger partial charge in [0.1, 0.15) is 23.7 Å². The molecule has 0 aliphatic carbocycles. The monoisotopic (exact) mass is 761 g/mol. The van der Waals surface area contributed by atoms with Crippen LogP contribution < -0.4 is 0 Å². The Labute approximate surface area is 334 Å². The topological polar surface area (TPSA) is 117 Å². The number of amides is 2. The van der Waals surface area contributed by atoms with E-state index in [0.717, 1.165) is 87.8 Å². The molecule has 2 fully saturated rings. The standard InChI is InChI=1S/C46H51N9O2/c1-30-26-33(37-28-48-43(50-37)39-18-12-24-54(39)45(56)41(52(2)3)31-14-8-6-9-15-31)20-22-35(30)36-23-21-34(27-47-36)38-29-49-44(51-38)40-19-13-25-55(40)46(57)42(53(4)5)32-16-10-7-11-17-32/h6-11,14-17,20-23,26-29,39-42H,12-13,18-19,24-25H2,1-5H3,(H,48,50)(H,49,51)/t39-,40-,41-,42+/m0/s1. The molecular formula is C46H51N9O2. The molecule has 3 aromatic heterocycles. The van der Waals surface area contributed by atoms with Gasteiger partial charge in [0.2, 0.25) is 11.8 Å². The van der Waals surface area contributed by atoms with E-state index in [1.807, 2.05) is 133 Å². The number of nitrogens with one attached hydrogen (secondary N) is 2. The zero-order chi connectivity index (χ0) is 39.6. The van der Waals surface area contributed by atoms with Crippen LogP contribution in [-0.4, -0.2) is 97.6 Å². The van der Waals surface area contributed by atoms with Crippen LogP contribution in [0.1, 0.15) is 78.2 Å². The first-order chi connectivity index (χ1) is 27.7. The summed E-state index contributed by atoms with van der Waals surface area (Å²) in [6.07, 6.45) is 9.21. The molecule has 292 valence electrons. The molecule has 2 amide bonds. The van der Waals surface area contributed by atoms with Crippen molar-refractivity contribution in [3.05, 3.63) is 138 Å². The summed E-state index contributed by atoms with van der Waals surface area (Å²) < 4.78 is 0. The van der Waals surface area contributed by atoms with Gasteiger partial charge in [0.05, 0.1) is 41.6 Å². The Bertz CT molecular complexity index is 2320. The maximum atomic E-state index is 14.0. The highest BCUT2D eigenvalue weighted by molar-refractivity contribution is 5.84. The van der Waals surface area contributed by atoms with Gasteiger partial charge in [0.25, 0.3) is 0 Å². The molecule has 11 heteroatoms. The number of aromatic amines is 2. The molecule has 2 saturated heterocycles. The van der Waals surface area contributed by atoms with Crippen LogP contribution in [0.15, 0.2) is 110 Å². The van der Waals surface area contributed by atoms with Crippen molar-refractivity contribution in [3.8, 4) is 33.8 Å². The predicted octanol–water partition coefficient (Wildman–Crippen LogP) is 7.77. The summed E-state index contributed by atoms with van der Waals surface area (Å²) in [5.41, 5.74) is 8.76. The first-order valence-corrected chi connectivity index (χ1v) is 19.9. The molecule has 2 N–H and O–H groups in total. The molecule has 8 rings (SSSR count). The van der Waals surface area contributed by atoms with Crippen molar-refractivity contribution in [1.29, 1.82) is 0 Å². The number of imidazole rings is 2. The molecule has 2 aliphatic rings. The summed E-state index contributed by atoms with van der Waals surface area (Å²) >= 11 is 0. The number of aromatic nitrogens is 5. The minimum atomic E-state index is -0.353. The highest BCUT2D eigenvalue weighted by Crippen LogP contribution is 2.37. The van der Waals surface area contributed by atoms with Gasteiger partial charge in [-0.25, -0.2) is 9.97 Å². The molecular weight excluding hydrogens is 711 g/mol. The van der Waals surface area contributed by atoms with E-state index in [1.54, 1.807) is 0 Å². The van der Waals surface area contributed by atoms with Gasteiger partial charge >= 0.3 is 0 Å². The summed E-state index contributed by atoms with van der Waals surface area (Å²) in [4.78, 5) is 57.3. The van der Waals surface area contributed by atoms with E-state index in [4.69, 9.17) is 15.0 Å². The van der Waals surface area contributed by atoms with Crippen LogP contribution in [0.3, 0.4) is 0 Å². The number of nitrogens with zero attached hydrogens (tertiary/aromatic N) is 7. The number of aryl methyl sites for hydroxylation is 1. The van der Waals surface area contributed by atoms with E-state index in [9.17, 15) is 9.59 Å². The van der Waals surface area contributed by atoms with Crippen LogP contribution in [0.4, 0.5) is 0 Å². The lowest BCUT2D eigenvalue weighted by Gasteiger charge is -2.31. The lowest BCUT2D eigenvalue weighted by Crippen LogP contribution is -2.40. The van der Waals surface area contributed by atoms with Crippen molar-refractivity contribution in [2.45, 2.75) is 56.8 Å². The average molecular weight is 762 g/mol. The molecule has 6 aromatic rings.